The zero-order valence-electron chi connectivity index (χ0n) is 18.5. The van der Waals surface area contributed by atoms with Gasteiger partial charge in [0, 0.05) is 38.1 Å². The van der Waals surface area contributed by atoms with Gasteiger partial charge in [-0.1, -0.05) is 18.2 Å². The number of halogens is 1. The van der Waals surface area contributed by atoms with E-state index in [4.69, 9.17) is 14.5 Å². The van der Waals surface area contributed by atoms with Crippen molar-refractivity contribution in [2.75, 3.05) is 24.6 Å². The standard InChI is InChI=1S/C23H25IN6O4/c24-20-18-21(30(28-20)17-7-3-4-12-33-17)26-16(13-25-18)29-10-8-23(9-11-29)19(27-22(31)32)14-5-1-2-6-15(14)34-23/h1-2,5-6,13,17,19,27H,3-4,7-12H2,(H,31,32)/t17?,19-/m1/s1. The van der Waals surface area contributed by atoms with Gasteiger partial charge in [-0.3, -0.25) is 0 Å². The van der Waals surface area contributed by atoms with Crippen LogP contribution in [0.2, 0.25) is 0 Å². The van der Waals surface area contributed by atoms with Gasteiger partial charge >= 0.3 is 6.09 Å². The Morgan fingerprint density at radius 3 is 2.82 bits per heavy atom. The maximum absolute atomic E-state index is 11.6. The van der Waals surface area contributed by atoms with Crippen LogP contribution in [0.1, 0.15) is 49.9 Å². The van der Waals surface area contributed by atoms with E-state index in [0.717, 1.165) is 57.9 Å². The molecule has 0 bridgehead atoms. The number of aromatic nitrogens is 4. The van der Waals surface area contributed by atoms with Gasteiger partial charge in [0.2, 0.25) is 0 Å². The molecule has 2 atom stereocenters. The third kappa shape index (κ3) is 3.65. The first-order chi connectivity index (χ1) is 16.5. The van der Waals surface area contributed by atoms with Crippen LogP contribution in [0.25, 0.3) is 11.2 Å². The Morgan fingerprint density at radius 2 is 2.06 bits per heavy atom. The van der Waals surface area contributed by atoms with Crippen LogP contribution in [-0.2, 0) is 4.74 Å². The maximum Gasteiger partial charge on any atom is 0.405 e. The molecule has 10 nitrogen and oxygen atoms in total. The summed E-state index contributed by atoms with van der Waals surface area (Å²) in [6.07, 6.45) is 5.07. The van der Waals surface area contributed by atoms with Crippen molar-refractivity contribution in [1.29, 1.82) is 0 Å². The number of piperidine rings is 1. The van der Waals surface area contributed by atoms with Crippen molar-refractivity contribution in [2.45, 2.75) is 50.0 Å². The van der Waals surface area contributed by atoms with Crippen molar-refractivity contribution < 1.29 is 19.4 Å². The van der Waals surface area contributed by atoms with E-state index in [0.29, 0.717) is 25.9 Å². The highest BCUT2D eigenvalue weighted by atomic mass is 127. The smallest absolute Gasteiger partial charge is 0.405 e. The molecule has 1 aromatic carbocycles. The van der Waals surface area contributed by atoms with Gasteiger partial charge in [0.15, 0.2) is 15.6 Å². The van der Waals surface area contributed by atoms with E-state index < -0.39 is 17.7 Å². The third-order valence-electron chi connectivity index (χ3n) is 7.05. The van der Waals surface area contributed by atoms with E-state index in [2.05, 4.69) is 42.9 Å². The summed E-state index contributed by atoms with van der Waals surface area (Å²) in [5, 5.41) is 16.8. The number of benzene rings is 1. The second-order valence-corrected chi connectivity index (χ2v) is 10.1. The molecule has 0 aliphatic carbocycles. The second-order valence-electron chi connectivity index (χ2n) is 9.03. The summed E-state index contributed by atoms with van der Waals surface area (Å²) in [5.41, 5.74) is 1.81. The number of hydrogen-bond donors (Lipinski definition) is 2. The zero-order chi connectivity index (χ0) is 23.3. The predicted molar refractivity (Wildman–Crippen MR) is 132 cm³/mol. The Morgan fingerprint density at radius 1 is 1.24 bits per heavy atom. The number of para-hydroxylation sites is 1. The number of carbonyl (C=O) groups is 1. The average Bonchev–Trinajstić information content (AvgIpc) is 3.34. The van der Waals surface area contributed by atoms with Gasteiger partial charge in [-0.05, 0) is 47.9 Å². The molecule has 0 saturated carbocycles. The number of amides is 1. The molecule has 6 rings (SSSR count). The van der Waals surface area contributed by atoms with Crippen molar-refractivity contribution in [2.24, 2.45) is 0 Å². The van der Waals surface area contributed by atoms with Crippen molar-refractivity contribution in [3.63, 3.8) is 0 Å². The average molecular weight is 576 g/mol. The molecule has 2 N–H and O–H groups in total. The summed E-state index contributed by atoms with van der Waals surface area (Å²) in [5.74, 6) is 1.54. The van der Waals surface area contributed by atoms with Crippen molar-refractivity contribution in [3.05, 3.63) is 39.7 Å². The number of hydrogen-bond acceptors (Lipinski definition) is 7. The normalized spacial score (nSPS) is 23.6. The SMILES string of the molecule is O=C(O)N[C@@H]1c2ccccc2OC12CCN(c1cnc3c(I)nn(C4CCCCO4)c3n1)CC2. The van der Waals surface area contributed by atoms with E-state index in [1.807, 2.05) is 28.9 Å². The van der Waals surface area contributed by atoms with Crippen LogP contribution in [0.15, 0.2) is 30.5 Å². The largest absolute Gasteiger partial charge is 0.484 e. The molecular formula is C23H25IN6O4. The molecule has 2 saturated heterocycles. The summed E-state index contributed by atoms with van der Waals surface area (Å²) < 4.78 is 15.0. The first kappa shape index (κ1) is 21.8. The molecule has 1 spiro atoms. The van der Waals surface area contributed by atoms with E-state index in [1.165, 1.54) is 0 Å². The molecule has 34 heavy (non-hydrogen) atoms. The molecule has 3 aromatic rings. The van der Waals surface area contributed by atoms with Gasteiger partial charge < -0.3 is 24.8 Å². The summed E-state index contributed by atoms with van der Waals surface area (Å²) in [7, 11) is 0. The van der Waals surface area contributed by atoms with Crippen molar-refractivity contribution in [3.8, 4) is 5.75 Å². The quantitative estimate of drug-likeness (QED) is 0.452. The Labute approximate surface area is 209 Å². The number of nitrogens with zero attached hydrogens (tertiary/aromatic N) is 5. The Balaban J connectivity index is 1.26. The molecule has 2 fully saturated rings. The number of ether oxygens (including phenoxy) is 2. The first-order valence-electron chi connectivity index (χ1n) is 11.6. The van der Waals surface area contributed by atoms with Crippen LogP contribution in [0.3, 0.4) is 0 Å². The molecule has 2 aromatic heterocycles. The summed E-state index contributed by atoms with van der Waals surface area (Å²) in [6, 6.07) is 7.27. The van der Waals surface area contributed by atoms with Gasteiger partial charge in [-0.2, -0.15) is 5.10 Å². The lowest BCUT2D eigenvalue weighted by molar-refractivity contribution is -0.0372. The monoisotopic (exact) mass is 576 g/mol. The van der Waals surface area contributed by atoms with Crippen LogP contribution >= 0.6 is 22.6 Å². The lowest BCUT2D eigenvalue weighted by atomic mass is 9.82. The fourth-order valence-corrected chi connectivity index (χ4v) is 5.96. The summed E-state index contributed by atoms with van der Waals surface area (Å²) in [4.78, 5) is 23.4. The number of anilines is 1. The van der Waals surface area contributed by atoms with Crippen LogP contribution in [-0.4, -0.2) is 56.2 Å². The summed E-state index contributed by atoms with van der Waals surface area (Å²) >= 11 is 2.20. The van der Waals surface area contributed by atoms with E-state index in [-0.39, 0.29) is 6.23 Å². The van der Waals surface area contributed by atoms with E-state index >= 15 is 0 Å². The highest BCUT2D eigenvalue weighted by molar-refractivity contribution is 14.1. The minimum Gasteiger partial charge on any atom is -0.484 e. The fraction of sp³-hybridized carbons (Fsp3) is 0.478. The molecule has 1 amide bonds. The number of carboxylic acid groups (broad SMARTS) is 1. The van der Waals surface area contributed by atoms with E-state index in [9.17, 15) is 9.90 Å². The van der Waals surface area contributed by atoms with Gasteiger partial charge in [0.25, 0.3) is 0 Å². The van der Waals surface area contributed by atoms with Crippen LogP contribution in [0.5, 0.6) is 5.75 Å². The van der Waals surface area contributed by atoms with Gasteiger partial charge in [0.1, 0.15) is 28.7 Å². The molecule has 0 radical (unpaired) electrons. The lowest BCUT2D eigenvalue weighted by Crippen LogP contribution is -2.53. The number of nitrogens with one attached hydrogen (secondary N) is 1. The van der Waals surface area contributed by atoms with Crippen LogP contribution in [0, 0.1) is 3.70 Å². The van der Waals surface area contributed by atoms with Crippen molar-refractivity contribution in [1.82, 2.24) is 25.1 Å². The molecule has 3 aliphatic rings. The number of rotatable bonds is 3. The first-order valence-corrected chi connectivity index (χ1v) is 12.7. The molecule has 11 heteroatoms. The molecule has 1 unspecified atom stereocenters. The van der Waals surface area contributed by atoms with Gasteiger partial charge in [-0.25, -0.2) is 19.4 Å². The van der Waals surface area contributed by atoms with Gasteiger partial charge in [0.05, 0.1) is 6.20 Å². The highest BCUT2D eigenvalue weighted by Gasteiger charge is 2.51. The Bertz CT molecular complexity index is 1240. The molecule has 3 aliphatic heterocycles. The third-order valence-corrected chi connectivity index (χ3v) is 7.78. The predicted octanol–water partition coefficient (Wildman–Crippen LogP) is 3.87. The highest BCUT2D eigenvalue weighted by Crippen LogP contribution is 2.48. The maximum atomic E-state index is 11.6. The van der Waals surface area contributed by atoms with Crippen LogP contribution in [0.4, 0.5) is 10.6 Å². The summed E-state index contributed by atoms with van der Waals surface area (Å²) in [6.45, 7) is 2.09. The van der Waals surface area contributed by atoms with Gasteiger partial charge in [-0.15, -0.1) is 0 Å². The minimum atomic E-state index is -1.05. The zero-order valence-corrected chi connectivity index (χ0v) is 20.6. The lowest BCUT2D eigenvalue weighted by Gasteiger charge is -2.42. The van der Waals surface area contributed by atoms with E-state index in [1.54, 1.807) is 6.20 Å². The topological polar surface area (TPSA) is 115 Å². The molecule has 5 heterocycles. The second kappa shape index (κ2) is 8.52. The fourth-order valence-electron chi connectivity index (χ4n) is 5.35. The minimum absolute atomic E-state index is 0.109. The molecular weight excluding hydrogens is 551 g/mol. The Hall–Kier alpha value is -2.67. The Kier molecular flexibility index (Phi) is 5.47. The molecule has 178 valence electrons. The number of fused-ring (bicyclic) bond motifs is 2. The van der Waals surface area contributed by atoms with Crippen molar-refractivity contribution >= 4 is 45.7 Å². The van der Waals surface area contributed by atoms with Crippen LogP contribution < -0.4 is 15.0 Å².